The number of amides is 1. The topological polar surface area (TPSA) is 68.3 Å². The molecule has 1 amide bonds. The van der Waals surface area contributed by atoms with Crippen LogP contribution in [0.1, 0.15) is 5.56 Å². The zero-order valence-corrected chi connectivity index (χ0v) is 13.0. The minimum Gasteiger partial charge on any atom is -0.387 e. The van der Waals surface area contributed by atoms with Crippen LogP contribution in [0.25, 0.3) is 10.8 Å². The van der Waals surface area contributed by atoms with Gasteiger partial charge in [-0.3, -0.25) is 4.79 Å². The summed E-state index contributed by atoms with van der Waals surface area (Å²) in [5, 5.41) is 6.00. The highest BCUT2D eigenvalue weighted by Gasteiger charge is 2.25. The van der Waals surface area contributed by atoms with Gasteiger partial charge in [0.15, 0.2) is 0 Å². The third kappa shape index (κ3) is 2.49. The maximum atomic E-state index is 12.5. The third-order valence-electron chi connectivity index (χ3n) is 3.81. The number of carbonyl (C=O) groups excluding carboxylic acids is 1. The molecular formula is C16H13N3O3S. The molecule has 0 fully saturated rings. The number of fused-ring (bicyclic) bond motifs is 1. The summed E-state index contributed by atoms with van der Waals surface area (Å²) in [6.07, 6.45) is 0.829. The molecule has 6 nitrogen and oxygen atoms in total. The summed E-state index contributed by atoms with van der Waals surface area (Å²) in [6, 6.07) is 11.5. The first-order valence-electron chi connectivity index (χ1n) is 7.22. The molecule has 116 valence electrons. The van der Waals surface area contributed by atoms with E-state index in [2.05, 4.69) is 5.10 Å². The van der Waals surface area contributed by atoms with Crippen LogP contribution in [0.2, 0.25) is 0 Å². The number of nitrogens with zero attached hydrogens (tertiary/aromatic N) is 3. The van der Waals surface area contributed by atoms with Crippen molar-refractivity contribution in [1.29, 1.82) is 0 Å². The zero-order chi connectivity index (χ0) is 15.8. The van der Waals surface area contributed by atoms with E-state index in [0.717, 1.165) is 27.2 Å². The minimum atomic E-state index is -0.616. The minimum absolute atomic E-state index is 0.123. The Morgan fingerprint density at radius 2 is 2.13 bits per heavy atom. The average molecular weight is 327 g/mol. The van der Waals surface area contributed by atoms with Crippen molar-refractivity contribution in [3.8, 4) is 10.8 Å². The van der Waals surface area contributed by atoms with E-state index in [-0.39, 0.29) is 18.3 Å². The van der Waals surface area contributed by atoms with Crippen molar-refractivity contribution in [3.05, 3.63) is 57.9 Å². The van der Waals surface area contributed by atoms with Gasteiger partial charge in [0.2, 0.25) is 5.91 Å². The fourth-order valence-electron chi connectivity index (χ4n) is 2.72. The van der Waals surface area contributed by atoms with Gasteiger partial charge in [-0.1, -0.05) is 24.3 Å². The van der Waals surface area contributed by atoms with E-state index >= 15 is 0 Å². The quantitative estimate of drug-likeness (QED) is 0.739. The van der Waals surface area contributed by atoms with Crippen molar-refractivity contribution < 1.29 is 9.21 Å². The molecule has 4 rings (SSSR count). The number of carbonyl (C=O) groups is 1. The van der Waals surface area contributed by atoms with E-state index in [4.69, 9.17) is 4.42 Å². The summed E-state index contributed by atoms with van der Waals surface area (Å²) in [6.45, 7) is 0.505. The Balaban J connectivity index is 1.57. The molecular weight excluding hydrogens is 314 g/mol. The van der Waals surface area contributed by atoms with Crippen LogP contribution in [-0.2, 0) is 17.8 Å². The predicted molar refractivity (Wildman–Crippen MR) is 86.6 cm³/mol. The molecule has 0 radical (unpaired) electrons. The Labute approximate surface area is 135 Å². The molecule has 0 saturated carbocycles. The Kier molecular flexibility index (Phi) is 3.34. The predicted octanol–water partition coefficient (Wildman–Crippen LogP) is 2.15. The molecule has 3 heterocycles. The van der Waals surface area contributed by atoms with Gasteiger partial charge in [0, 0.05) is 12.2 Å². The van der Waals surface area contributed by atoms with Gasteiger partial charge in [-0.25, -0.2) is 4.79 Å². The average Bonchev–Trinajstić information content (AvgIpc) is 3.27. The van der Waals surface area contributed by atoms with E-state index in [1.54, 1.807) is 4.90 Å². The van der Waals surface area contributed by atoms with E-state index in [9.17, 15) is 9.59 Å². The second-order valence-corrected chi connectivity index (χ2v) is 6.18. The van der Waals surface area contributed by atoms with Crippen LogP contribution in [-0.4, -0.2) is 22.2 Å². The highest BCUT2D eigenvalue weighted by atomic mass is 32.1. The number of rotatable bonds is 3. The van der Waals surface area contributed by atoms with Gasteiger partial charge in [-0.05, 0) is 29.5 Å². The normalized spacial score (nSPS) is 13.3. The Bertz CT molecular complexity index is 911. The van der Waals surface area contributed by atoms with Crippen LogP contribution in [0, 0.1) is 0 Å². The molecule has 1 aromatic carbocycles. The summed E-state index contributed by atoms with van der Waals surface area (Å²) >= 11 is 1.43. The largest absolute Gasteiger partial charge is 0.437 e. The summed E-state index contributed by atoms with van der Waals surface area (Å²) in [4.78, 5) is 26.9. The smallest absolute Gasteiger partial charge is 0.387 e. The summed E-state index contributed by atoms with van der Waals surface area (Å²) in [5.41, 5.74) is 2.06. The molecule has 0 spiro atoms. The van der Waals surface area contributed by atoms with Gasteiger partial charge in [0.25, 0.3) is 5.89 Å². The van der Waals surface area contributed by atoms with Crippen LogP contribution in [0.15, 0.2) is 51.0 Å². The SMILES string of the molecule is O=C(Cn1nc(-c2cccs2)oc1=O)N1CCc2ccccc21. The standard InChI is InChI=1S/C16H13N3O3S/c20-14(18-8-7-11-4-1-2-5-12(11)18)10-19-16(21)22-15(17-19)13-6-3-9-23-13/h1-6,9H,7-8,10H2. The van der Waals surface area contributed by atoms with Crippen molar-refractivity contribution in [2.45, 2.75) is 13.0 Å². The molecule has 1 aliphatic heterocycles. The number of para-hydroxylation sites is 1. The van der Waals surface area contributed by atoms with Crippen molar-refractivity contribution in [3.63, 3.8) is 0 Å². The molecule has 0 atom stereocenters. The zero-order valence-electron chi connectivity index (χ0n) is 12.1. The first kappa shape index (κ1) is 14.0. The van der Waals surface area contributed by atoms with Crippen molar-refractivity contribution >= 4 is 22.9 Å². The van der Waals surface area contributed by atoms with E-state index < -0.39 is 5.76 Å². The first-order valence-corrected chi connectivity index (χ1v) is 8.10. The molecule has 0 saturated heterocycles. The lowest BCUT2D eigenvalue weighted by Crippen LogP contribution is -2.35. The molecule has 23 heavy (non-hydrogen) atoms. The fraction of sp³-hybridized carbons (Fsp3) is 0.188. The maximum absolute atomic E-state index is 12.5. The fourth-order valence-corrected chi connectivity index (χ4v) is 3.36. The molecule has 3 aromatic rings. The van der Waals surface area contributed by atoms with Crippen LogP contribution >= 0.6 is 11.3 Å². The summed E-state index contributed by atoms with van der Waals surface area (Å²) in [5.74, 6) is -0.531. The molecule has 1 aliphatic rings. The highest BCUT2D eigenvalue weighted by molar-refractivity contribution is 7.13. The molecule has 0 N–H and O–H groups in total. The van der Waals surface area contributed by atoms with E-state index in [1.165, 1.54) is 11.3 Å². The summed E-state index contributed by atoms with van der Waals surface area (Å²) < 4.78 is 6.21. The van der Waals surface area contributed by atoms with Crippen LogP contribution in [0.5, 0.6) is 0 Å². The van der Waals surface area contributed by atoms with Crippen LogP contribution in [0.3, 0.4) is 0 Å². The van der Waals surface area contributed by atoms with Gasteiger partial charge < -0.3 is 9.32 Å². The van der Waals surface area contributed by atoms with Crippen molar-refractivity contribution in [2.24, 2.45) is 0 Å². The van der Waals surface area contributed by atoms with Crippen molar-refractivity contribution in [1.82, 2.24) is 9.78 Å². The molecule has 0 unspecified atom stereocenters. The van der Waals surface area contributed by atoms with Crippen LogP contribution in [0.4, 0.5) is 5.69 Å². The lowest BCUT2D eigenvalue weighted by atomic mass is 10.2. The first-order chi connectivity index (χ1) is 11.2. The summed E-state index contributed by atoms with van der Waals surface area (Å²) in [7, 11) is 0. The van der Waals surface area contributed by atoms with Gasteiger partial charge in [0.05, 0.1) is 4.88 Å². The second kappa shape index (κ2) is 5.51. The number of hydrogen-bond acceptors (Lipinski definition) is 5. The molecule has 0 bridgehead atoms. The lowest BCUT2D eigenvalue weighted by Gasteiger charge is -2.16. The number of benzene rings is 1. The van der Waals surface area contributed by atoms with Crippen molar-refractivity contribution in [2.75, 3.05) is 11.4 Å². The van der Waals surface area contributed by atoms with Crippen LogP contribution < -0.4 is 10.7 Å². The van der Waals surface area contributed by atoms with Gasteiger partial charge in [-0.15, -0.1) is 16.4 Å². The molecule has 7 heteroatoms. The Morgan fingerprint density at radius 1 is 1.26 bits per heavy atom. The number of thiophene rings is 1. The highest BCUT2D eigenvalue weighted by Crippen LogP contribution is 2.27. The third-order valence-corrected chi connectivity index (χ3v) is 4.67. The number of hydrogen-bond donors (Lipinski definition) is 0. The van der Waals surface area contributed by atoms with Gasteiger partial charge >= 0.3 is 5.76 Å². The Hall–Kier alpha value is -2.67. The molecule has 0 aliphatic carbocycles. The second-order valence-electron chi connectivity index (χ2n) is 5.23. The Morgan fingerprint density at radius 3 is 2.96 bits per heavy atom. The lowest BCUT2D eigenvalue weighted by molar-refractivity contribution is -0.119. The molecule has 2 aromatic heterocycles. The monoisotopic (exact) mass is 327 g/mol. The van der Waals surface area contributed by atoms with Gasteiger partial charge in [0.1, 0.15) is 6.54 Å². The van der Waals surface area contributed by atoms with E-state index in [0.29, 0.717) is 6.54 Å². The van der Waals surface area contributed by atoms with E-state index in [1.807, 2.05) is 41.8 Å². The number of anilines is 1. The number of aromatic nitrogens is 2. The van der Waals surface area contributed by atoms with Gasteiger partial charge in [-0.2, -0.15) is 4.68 Å². The maximum Gasteiger partial charge on any atom is 0.437 e.